The summed E-state index contributed by atoms with van der Waals surface area (Å²) in [5.74, 6) is 0.301. The normalized spacial score (nSPS) is 10.3. The van der Waals surface area contributed by atoms with Crippen LogP contribution in [-0.2, 0) is 17.6 Å². The van der Waals surface area contributed by atoms with Crippen molar-refractivity contribution in [3.8, 4) is 0 Å². The van der Waals surface area contributed by atoms with E-state index in [0.29, 0.717) is 18.6 Å². The summed E-state index contributed by atoms with van der Waals surface area (Å²) in [7, 11) is 0. The van der Waals surface area contributed by atoms with Gasteiger partial charge in [0, 0.05) is 22.6 Å². The van der Waals surface area contributed by atoms with Crippen LogP contribution in [0, 0.1) is 0 Å². The monoisotopic (exact) mass is 222 g/mol. The van der Waals surface area contributed by atoms with E-state index in [1.807, 2.05) is 35.0 Å². The van der Waals surface area contributed by atoms with Gasteiger partial charge >= 0.3 is 0 Å². The van der Waals surface area contributed by atoms with Crippen molar-refractivity contribution in [3.05, 3.63) is 44.8 Å². The summed E-state index contributed by atoms with van der Waals surface area (Å²) in [6.07, 6.45) is 1.16. The van der Waals surface area contributed by atoms with E-state index in [4.69, 9.17) is 0 Å². The molecule has 0 fully saturated rings. The van der Waals surface area contributed by atoms with Crippen molar-refractivity contribution in [3.63, 3.8) is 0 Å². The maximum atomic E-state index is 11.6. The molecule has 0 aliphatic rings. The zero-order valence-corrected chi connectivity index (χ0v) is 9.24. The molecule has 0 saturated heterocycles. The molecule has 2 aromatic heterocycles. The minimum Gasteiger partial charge on any atom is -0.299 e. The molecule has 0 atom stereocenters. The molecule has 0 bridgehead atoms. The highest BCUT2D eigenvalue weighted by Crippen LogP contribution is 2.13. The number of rotatable bonds is 4. The molecular formula is C11H10OS2. The molecule has 0 aliphatic carbocycles. The number of hydrogen-bond donors (Lipinski definition) is 0. The molecule has 2 aromatic rings. The van der Waals surface area contributed by atoms with E-state index in [-0.39, 0.29) is 0 Å². The second-order valence-electron chi connectivity index (χ2n) is 3.05. The highest BCUT2D eigenvalue weighted by molar-refractivity contribution is 7.10. The quantitative estimate of drug-likeness (QED) is 0.776. The predicted octanol–water partition coefficient (Wildman–Crippen LogP) is 3.16. The second kappa shape index (κ2) is 4.53. The molecule has 72 valence electrons. The summed E-state index contributed by atoms with van der Waals surface area (Å²) in [6.45, 7) is 0. The van der Waals surface area contributed by atoms with Gasteiger partial charge in [0.05, 0.1) is 0 Å². The van der Waals surface area contributed by atoms with Crippen molar-refractivity contribution in [2.45, 2.75) is 12.8 Å². The molecule has 1 nitrogen and oxygen atoms in total. The fourth-order valence-corrected chi connectivity index (χ4v) is 2.74. The highest BCUT2D eigenvalue weighted by atomic mass is 32.1. The third-order valence-corrected chi connectivity index (χ3v) is 3.66. The third-order valence-electron chi connectivity index (χ3n) is 1.90. The van der Waals surface area contributed by atoms with Crippen LogP contribution in [0.1, 0.15) is 9.75 Å². The molecule has 0 radical (unpaired) electrons. The summed E-state index contributed by atoms with van der Waals surface area (Å²) in [6, 6.07) is 7.99. The molecule has 14 heavy (non-hydrogen) atoms. The van der Waals surface area contributed by atoms with Gasteiger partial charge in [0.1, 0.15) is 5.78 Å². The Morgan fingerprint density at radius 2 is 1.50 bits per heavy atom. The van der Waals surface area contributed by atoms with Gasteiger partial charge in [-0.05, 0) is 22.9 Å². The Labute approximate surface area is 91.0 Å². The van der Waals surface area contributed by atoms with Gasteiger partial charge in [0.2, 0.25) is 0 Å². The van der Waals surface area contributed by atoms with Gasteiger partial charge < -0.3 is 0 Å². The number of carbonyl (C=O) groups excluding carboxylic acids is 1. The largest absolute Gasteiger partial charge is 0.299 e. The van der Waals surface area contributed by atoms with Crippen LogP contribution in [-0.4, -0.2) is 5.78 Å². The van der Waals surface area contributed by atoms with Crippen LogP contribution >= 0.6 is 22.7 Å². The summed E-state index contributed by atoms with van der Waals surface area (Å²) in [5, 5.41) is 4.02. The zero-order valence-electron chi connectivity index (χ0n) is 7.60. The van der Waals surface area contributed by atoms with Gasteiger partial charge in [0.15, 0.2) is 0 Å². The number of hydrogen-bond acceptors (Lipinski definition) is 3. The Hall–Kier alpha value is -0.930. The first-order chi connectivity index (χ1) is 6.84. The zero-order chi connectivity index (χ0) is 9.80. The van der Waals surface area contributed by atoms with Gasteiger partial charge in [-0.15, -0.1) is 22.7 Å². The Kier molecular flexibility index (Phi) is 3.11. The van der Waals surface area contributed by atoms with E-state index < -0.39 is 0 Å². The predicted molar refractivity (Wildman–Crippen MR) is 61.1 cm³/mol. The maximum Gasteiger partial charge on any atom is 0.143 e. The smallest absolute Gasteiger partial charge is 0.143 e. The number of thiophene rings is 2. The van der Waals surface area contributed by atoms with E-state index >= 15 is 0 Å². The van der Waals surface area contributed by atoms with E-state index in [0.717, 1.165) is 9.75 Å². The second-order valence-corrected chi connectivity index (χ2v) is 5.12. The van der Waals surface area contributed by atoms with Crippen LogP contribution < -0.4 is 0 Å². The lowest BCUT2D eigenvalue weighted by Gasteiger charge is -1.95. The van der Waals surface area contributed by atoms with Crippen LogP contribution in [0.2, 0.25) is 0 Å². The average Bonchev–Trinajstić information content (AvgIpc) is 2.76. The van der Waals surface area contributed by atoms with E-state index in [2.05, 4.69) is 0 Å². The lowest BCUT2D eigenvalue weighted by atomic mass is 10.2. The SMILES string of the molecule is O=C(Cc1cccs1)Cc1cccs1. The van der Waals surface area contributed by atoms with Crippen LogP contribution in [0.15, 0.2) is 35.0 Å². The molecule has 0 amide bonds. The van der Waals surface area contributed by atoms with Crippen molar-refractivity contribution in [2.24, 2.45) is 0 Å². The Morgan fingerprint density at radius 1 is 1.00 bits per heavy atom. The fourth-order valence-electron chi connectivity index (χ4n) is 1.28. The van der Waals surface area contributed by atoms with Crippen molar-refractivity contribution in [1.82, 2.24) is 0 Å². The van der Waals surface area contributed by atoms with Crippen molar-refractivity contribution in [2.75, 3.05) is 0 Å². The topological polar surface area (TPSA) is 17.1 Å². The Balaban J connectivity index is 1.91. The first-order valence-electron chi connectivity index (χ1n) is 4.41. The molecule has 0 N–H and O–H groups in total. The third kappa shape index (κ3) is 2.53. The van der Waals surface area contributed by atoms with Crippen molar-refractivity contribution < 1.29 is 4.79 Å². The van der Waals surface area contributed by atoms with Crippen LogP contribution in [0.25, 0.3) is 0 Å². The van der Waals surface area contributed by atoms with Gasteiger partial charge in [-0.3, -0.25) is 4.79 Å². The molecule has 3 heteroatoms. The van der Waals surface area contributed by atoms with Crippen LogP contribution in [0.4, 0.5) is 0 Å². The van der Waals surface area contributed by atoms with Crippen molar-refractivity contribution >= 4 is 28.5 Å². The summed E-state index contributed by atoms with van der Waals surface area (Å²) >= 11 is 3.29. The lowest BCUT2D eigenvalue weighted by molar-refractivity contribution is -0.117. The maximum absolute atomic E-state index is 11.6. The van der Waals surface area contributed by atoms with Gasteiger partial charge in [0.25, 0.3) is 0 Å². The Morgan fingerprint density at radius 3 is 1.86 bits per heavy atom. The number of Topliss-reactive ketones (excluding diaryl/α,β-unsaturated/α-hetero) is 1. The first-order valence-corrected chi connectivity index (χ1v) is 6.17. The minimum absolute atomic E-state index is 0.301. The molecular weight excluding hydrogens is 212 g/mol. The summed E-state index contributed by atoms with van der Waals surface area (Å²) < 4.78 is 0. The molecule has 2 rings (SSSR count). The minimum atomic E-state index is 0.301. The number of ketones is 1. The van der Waals surface area contributed by atoms with Gasteiger partial charge in [-0.1, -0.05) is 12.1 Å². The average molecular weight is 222 g/mol. The van der Waals surface area contributed by atoms with Gasteiger partial charge in [-0.2, -0.15) is 0 Å². The molecule has 0 spiro atoms. The van der Waals surface area contributed by atoms with Crippen LogP contribution in [0.5, 0.6) is 0 Å². The van der Waals surface area contributed by atoms with Crippen molar-refractivity contribution in [1.29, 1.82) is 0 Å². The van der Waals surface area contributed by atoms with E-state index in [9.17, 15) is 4.79 Å². The fraction of sp³-hybridized carbons (Fsp3) is 0.182. The lowest BCUT2D eigenvalue weighted by Crippen LogP contribution is -2.03. The Bertz CT molecular complexity index is 349. The molecule has 0 unspecified atom stereocenters. The summed E-state index contributed by atoms with van der Waals surface area (Å²) in [4.78, 5) is 13.9. The molecule has 0 saturated carbocycles. The van der Waals surface area contributed by atoms with Gasteiger partial charge in [-0.25, -0.2) is 0 Å². The van der Waals surface area contributed by atoms with Crippen LogP contribution in [0.3, 0.4) is 0 Å². The molecule has 0 aliphatic heterocycles. The summed E-state index contributed by atoms with van der Waals surface area (Å²) in [5.41, 5.74) is 0. The van der Waals surface area contributed by atoms with E-state index in [1.54, 1.807) is 22.7 Å². The number of carbonyl (C=O) groups is 1. The molecule has 2 heterocycles. The standard InChI is InChI=1S/C11H10OS2/c12-9(7-10-3-1-5-13-10)8-11-4-2-6-14-11/h1-6H,7-8H2. The van der Waals surface area contributed by atoms with E-state index in [1.165, 1.54) is 0 Å². The highest BCUT2D eigenvalue weighted by Gasteiger charge is 2.06. The first kappa shape index (κ1) is 9.62. The molecule has 0 aromatic carbocycles.